The van der Waals surface area contributed by atoms with Crippen LogP contribution in [0.3, 0.4) is 0 Å². The van der Waals surface area contributed by atoms with E-state index in [1.165, 1.54) is 6.20 Å². The van der Waals surface area contributed by atoms with Crippen LogP contribution in [0, 0.1) is 6.92 Å². The van der Waals surface area contributed by atoms with Crippen molar-refractivity contribution in [2.24, 2.45) is 0 Å². The fourth-order valence-corrected chi connectivity index (χ4v) is 4.20. The topological polar surface area (TPSA) is 115 Å². The van der Waals surface area contributed by atoms with Crippen molar-refractivity contribution in [3.63, 3.8) is 0 Å². The molecule has 0 saturated carbocycles. The molecule has 0 atom stereocenters. The van der Waals surface area contributed by atoms with Crippen molar-refractivity contribution >= 4 is 27.1 Å². The molecule has 0 spiro atoms. The predicted octanol–water partition coefficient (Wildman–Crippen LogP) is 4.64. The molecule has 0 fully saturated rings. The van der Waals surface area contributed by atoms with Gasteiger partial charge in [-0.1, -0.05) is 29.8 Å². The van der Waals surface area contributed by atoms with E-state index < -0.39 is 20.9 Å². The van der Waals surface area contributed by atoms with E-state index in [-0.39, 0.29) is 12.2 Å². The number of ether oxygens (including phenoxy) is 1. The van der Waals surface area contributed by atoms with Crippen molar-refractivity contribution < 1.29 is 22.4 Å². The van der Waals surface area contributed by atoms with Gasteiger partial charge in [-0.25, -0.2) is 18.4 Å². The van der Waals surface area contributed by atoms with Gasteiger partial charge in [0.25, 0.3) is 5.91 Å². The second-order valence-electron chi connectivity index (χ2n) is 8.49. The number of amides is 1. The number of carbonyl (C=O) groups excluding carboxylic acids is 1. The summed E-state index contributed by atoms with van der Waals surface area (Å²) in [4.78, 5) is 23.6. The van der Waals surface area contributed by atoms with E-state index in [4.69, 9.17) is 9.15 Å². The summed E-state index contributed by atoms with van der Waals surface area (Å²) in [5.41, 5.74) is 2.80. The Morgan fingerprint density at radius 2 is 1.86 bits per heavy atom. The number of anilines is 2. The van der Waals surface area contributed by atoms with Gasteiger partial charge in [0.15, 0.2) is 5.69 Å². The van der Waals surface area contributed by atoms with Crippen LogP contribution in [-0.4, -0.2) is 37.2 Å². The van der Waals surface area contributed by atoms with Crippen molar-refractivity contribution in [1.82, 2.24) is 9.97 Å². The molecule has 10 heteroatoms. The van der Waals surface area contributed by atoms with Crippen LogP contribution in [0.4, 0.5) is 11.4 Å². The molecule has 0 radical (unpaired) electrons. The van der Waals surface area contributed by atoms with E-state index in [2.05, 4.69) is 15.3 Å². The molecule has 2 heterocycles. The summed E-state index contributed by atoms with van der Waals surface area (Å²) in [6, 6.07) is 18.5. The third-order valence-corrected chi connectivity index (χ3v) is 6.31. The third-order valence-electron chi connectivity index (χ3n) is 5.45. The third kappa shape index (κ3) is 6.73. The van der Waals surface area contributed by atoms with Crippen molar-refractivity contribution in [2.75, 3.05) is 23.1 Å². The molecule has 0 aliphatic carbocycles. The van der Waals surface area contributed by atoms with Gasteiger partial charge in [0.2, 0.25) is 15.0 Å². The first-order valence-corrected chi connectivity index (χ1v) is 13.6. The standard InChI is InChI=1S/C27H28N4O5S/c1-4-35-22-8-5-7-20(15-22)17-31(18-23-9-6-14-36-23)24-16-28-27(37(3,33)34)30-25(24)26(32)29-21-12-10-19(2)11-13-21/h5-16H,4,17-18H2,1-3H3,(H,29,32). The van der Waals surface area contributed by atoms with E-state index in [9.17, 15) is 13.2 Å². The lowest BCUT2D eigenvalue weighted by molar-refractivity contribution is 0.102. The van der Waals surface area contributed by atoms with Gasteiger partial charge in [0, 0.05) is 18.5 Å². The van der Waals surface area contributed by atoms with Gasteiger partial charge < -0.3 is 19.4 Å². The van der Waals surface area contributed by atoms with Crippen molar-refractivity contribution in [1.29, 1.82) is 0 Å². The molecule has 0 bridgehead atoms. The number of carbonyl (C=O) groups is 1. The van der Waals surface area contributed by atoms with Crippen molar-refractivity contribution in [3.05, 3.63) is 95.7 Å². The zero-order valence-corrected chi connectivity index (χ0v) is 21.7. The average Bonchev–Trinajstić information content (AvgIpc) is 3.38. The molecule has 192 valence electrons. The lowest BCUT2D eigenvalue weighted by Gasteiger charge is -2.25. The highest BCUT2D eigenvalue weighted by Gasteiger charge is 2.24. The average molecular weight is 521 g/mol. The fourth-order valence-electron chi connectivity index (χ4n) is 3.70. The Balaban J connectivity index is 1.77. The summed E-state index contributed by atoms with van der Waals surface area (Å²) in [6.45, 7) is 5.03. The molecule has 9 nitrogen and oxygen atoms in total. The molecule has 0 aliphatic rings. The number of aromatic nitrogens is 2. The largest absolute Gasteiger partial charge is 0.494 e. The minimum absolute atomic E-state index is 0.0662. The van der Waals surface area contributed by atoms with Crippen LogP contribution >= 0.6 is 0 Å². The van der Waals surface area contributed by atoms with Gasteiger partial charge in [-0.2, -0.15) is 0 Å². The van der Waals surface area contributed by atoms with Crippen LogP contribution in [-0.2, 0) is 22.9 Å². The highest BCUT2D eigenvalue weighted by molar-refractivity contribution is 7.90. The van der Waals surface area contributed by atoms with Gasteiger partial charge in [-0.15, -0.1) is 0 Å². The molecule has 2 aromatic heterocycles. The number of hydrogen-bond acceptors (Lipinski definition) is 8. The molecule has 0 saturated heterocycles. The number of sulfone groups is 1. The van der Waals surface area contributed by atoms with E-state index in [1.54, 1.807) is 24.5 Å². The molecular weight excluding hydrogens is 492 g/mol. The molecule has 0 unspecified atom stereocenters. The van der Waals surface area contributed by atoms with Crippen LogP contribution in [0.15, 0.2) is 82.7 Å². The second-order valence-corrected chi connectivity index (χ2v) is 10.4. The van der Waals surface area contributed by atoms with E-state index in [0.29, 0.717) is 30.3 Å². The lowest BCUT2D eigenvalue weighted by Crippen LogP contribution is -2.27. The molecule has 1 N–H and O–H groups in total. The van der Waals surface area contributed by atoms with E-state index in [1.807, 2.05) is 61.2 Å². The van der Waals surface area contributed by atoms with E-state index >= 15 is 0 Å². The van der Waals surface area contributed by atoms with Crippen LogP contribution in [0.2, 0.25) is 0 Å². The number of rotatable bonds is 10. The lowest BCUT2D eigenvalue weighted by atomic mass is 10.1. The summed E-state index contributed by atoms with van der Waals surface area (Å²) in [6.07, 6.45) is 3.93. The summed E-state index contributed by atoms with van der Waals surface area (Å²) >= 11 is 0. The number of nitrogens with one attached hydrogen (secondary N) is 1. The minimum Gasteiger partial charge on any atom is -0.494 e. The Morgan fingerprint density at radius 1 is 1.08 bits per heavy atom. The second kappa shape index (κ2) is 11.3. The molecule has 4 aromatic rings. The van der Waals surface area contributed by atoms with Gasteiger partial charge in [-0.05, 0) is 55.8 Å². The number of benzene rings is 2. The highest BCUT2D eigenvalue weighted by atomic mass is 32.2. The maximum atomic E-state index is 13.4. The minimum atomic E-state index is -3.76. The number of furan rings is 1. The monoisotopic (exact) mass is 520 g/mol. The summed E-state index contributed by atoms with van der Waals surface area (Å²) < 4.78 is 35.7. The summed E-state index contributed by atoms with van der Waals surface area (Å²) in [5.74, 6) is 0.815. The van der Waals surface area contributed by atoms with Crippen LogP contribution < -0.4 is 15.0 Å². The van der Waals surface area contributed by atoms with Gasteiger partial charge in [-0.3, -0.25) is 4.79 Å². The molecule has 37 heavy (non-hydrogen) atoms. The van der Waals surface area contributed by atoms with Crippen LogP contribution in [0.1, 0.15) is 34.3 Å². The normalized spacial score (nSPS) is 11.2. The Bertz CT molecular complexity index is 1470. The first-order chi connectivity index (χ1) is 17.7. The summed E-state index contributed by atoms with van der Waals surface area (Å²) in [5, 5.41) is 2.38. The van der Waals surface area contributed by atoms with Crippen molar-refractivity contribution in [2.45, 2.75) is 32.1 Å². The van der Waals surface area contributed by atoms with Crippen LogP contribution in [0.25, 0.3) is 0 Å². The Hall–Kier alpha value is -4.18. The Morgan fingerprint density at radius 3 is 2.54 bits per heavy atom. The zero-order valence-electron chi connectivity index (χ0n) is 20.8. The molecular formula is C27H28N4O5S. The van der Waals surface area contributed by atoms with Crippen molar-refractivity contribution in [3.8, 4) is 5.75 Å². The SMILES string of the molecule is CCOc1cccc(CN(Cc2ccco2)c2cnc(S(C)(=O)=O)nc2C(=O)Nc2ccc(C)cc2)c1. The van der Waals surface area contributed by atoms with Gasteiger partial charge in [0.05, 0.1) is 31.3 Å². The van der Waals surface area contributed by atoms with E-state index in [0.717, 1.165) is 23.1 Å². The number of nitrogens with zero attached hydrogens (tertiary/aromatic N) is 3. The molecule has 2 aromatic carbocycles. The fraction of sp³-hybridized carbons (Fsp3) is 0.222. The maximum Gasteiger partial charge on any atom is 0.276 e. The zero-order chi connectivity index (χ0) is 26.4. The molecule has 0 aliphatic heterocycles. The van der Waals surface area contributed by atoms with Gasteiger partial charge >= 0.3 is 0 Å². The Labute approximate surface area is 216 Å². The number of aryl methyl sites for hydroxylation is 1. The quantitative estimate of drug-likeness (QED) is 0.301. The van der Waals surface area contributed by atoms with Crippen LogP contribution in [0.5, 0.6) is 5.75 Å². The summed E-state index contributed by atoms with van der Waals surface area (Å²) in [7, 11) is -3.76. The molecule has 4 rings (SSSR count). The smallest absolute Gasteiger partial charge is 0.276 e. The predicted molar refractivity (Wildman–Crippen MR) is 140 cm³/mol. The maximum absolute atomic E-state index is 13.4. The Kier molecular flexibility index (Phi) is 7.88. The first kappa shape index (κ1) is 25.9. The van der Waals surface area contributed by atoms with Gasteiger partial charge in [0.1, 0.15) is 11.5 Å². The first-order valence-electron chi connectivity index (χ1n) is 11.7. The highest BCUT2D eigenvalue weighted by Crippen LogP contribution is 2.26. The number of hydrogen-bond donors (Lipinski definition) is 1. The molecule has 1 amide bonds.